The molecule has 2 unspecified atom stereocenters. The maximum absolute atomic E-state index is 9.14. The predicted octanol–water partition coefficient (Wildman–Crippen LogP) is 0.378. The highest BCUT2D eigenvalue weighted by molar-refractivity contribution is 9.09. The number of nitrogens with zero attached hydrogens (tertiary/aromatic N) is 1. The molecule has 3 nitrogen and oxygen atoms in total. The second kappa shape index (κ2) is 3.67. The van der Waals surface area contributed by atoms with Crippen LogP contribution in [0.5, 0.6) is 0 Å². The van der Waals surface area contributed by atoms with Crippen molar-refractivity contribution in [1.82, 2.24) is 4.90 Å². The molecule has 0 spiro atoms. The van der Waals surface area contributed by atoms with E-state index in [0.717, 1.165) is 13.1 Å². The van der Waals surface area contributed by atoms with E-state index in [0.29, 0.717) is 6.61 Å². The second-order valence-electron chi connectivity index (χ2n) is 2.41. The molecule has 0 amide bonds. The van der Waals surface area contributed by atoms with E-state index in [4.69, 9.17) is 9.84 Å². The van der Waals surface area contributed by atoms with Crippen LogP contribution >= 0.6 is 15.9 Å². The molecule has 0 saturated carbocycles. The van der Waals surface area contributed by atoms with Gasteiger partial charge in [0.05, 0.1) is 6.61 Å². The van der Waals surface area contributed by atoms with Crippen LogP contribution < -0.4 is 0 Å². The van der Waals surface area contributed by atoms with Crippen LogP contribution in [0.15, 0.2) is 0 Å². The first-order chi connectivity index (χ1) is 4.70. The van der Waals surface area contributed by atoms with Gasteiger partial charge >= 0.3 is 0 Å². The minimum atomic E-state index is -0.357. The Hall–Kier alpha value is 0.360. The van der Waals surface area contributed by atoms with Gasteiger partial charge in [0.15, 0.2) is 0 Å². The van der Waals surface area contributed by atoms with Gasteiger partial charge in [-0.25, -0.2) is 0 Å². The Kier molecular flexibility index (Phi) is 3.10. The van der Waals surface area contributed by atoms with Gasteiger partial charge in [-0.15, -0.1) is 0 Å². The van der Waals surface area contributed by atoms with Crippen LogP contribution in [0.2, 0.25) is 0 Å². The van der Waals surface area contributed by atoms with Gasteiger partial charge in [-0.2, -0.15) is 0 Å². The lowest BCUT2D eigenvalue weighted by molar-refractivity contribution is -0.0576. The summed E-state index contributed by atoms with van der Waals surface area (Å²) in [5, 5.41) is 9.22. The van der Waals surface area contributed by atoms with Crippen LogP contribution in [0.4, 0.5) is 0 Å². The third-order valence-electron chi connectivity index (χ3n) is 1.58. The van der Waals surface area contributed by atoms with Crippen molar-refractivity contribution in [3.63, 3.8) is 0 Å². The Morgan fingerprint density at radius 2 is 2.50 bits per heavy atom. The smallest absolute Gasteiger partial charge is 0.125 e. The van der Waals surface area contributed by atoms with E-state index in [-0.39, 0.29) is 11.2 Å². The highest BCUT2D eigenvalue weighted by Gasteiger charge is 2.20. The molecule has 1 heterocycles. The molecule has 0 aromatic carbocycles. The van der Waals surface area contributed by atoms with E-state index in [1.807, 2.05) is 4.90 Å². The van der Waals surface area contributed by atoms with Gasteiger partial charge in [0.25, 0.3) is 0 Å². The van der Waals surface area contributed by atoms with Gasteiger partial charge in [-0.3, -0.25) is 4.90 Å². The van der Waals surface area contributed by atoms with E-state index < -0.39 is 0 Å². The van der Waals surface area contributed by atoms with Crippen molar-refractivity contribution in [1.29, 1.82) is 0 Å². The summed E-state index contributed by atoms with van der Waals surface area (Å²) in [5.41, 5.74) is 0. The van der Waals surface area contributed by atoms with Crippen LogP contribution in [0.25, 0.3) is 0 Å². The molecule has 0 bridgehead atoms. The molecule has 1 aliphatic rings. The maximum atomic E-state index is 9.14. The third-order valence-corrected chi connectivity index (χ3v) is 2.14. The van der Waals surface area contributed by atoms with E-state index >= 15 is 0 Å². The highest BCUT2D eigenvalue weighted by Crippen LogP contribution is 2.11. The average molecular weight is 210 g/mol. The Labute approximate surface area is 69.1 Å². The number of ether oxygens (including phenoxy) is 1. The Morgan fingerprint density at radius 3 is 2.90 bits per heavy atom. The lowest BCUT2D eigenvalue weighted by atomic mass is 10.4. The minimum Gasteiger partial charge on any atom is -0.379 e. The Morgan fingerprint density at radius 1 is 1.80 bits per heavy atom. The summed E-state index contributed by atoms with van der Waals surface area (Å²) in [4.78, 5) is 1.96. The number of aliphatic hydroxyl groups is 1. The molecule has 1 rings (SSSR count). The first-order valence-corrected chi connectivity index (χ1v) is 4.29. The maximum Gasteiger partial charge on any atom is 0.125 e. The molecule has 1 aliphatic heterocycles. The molecular weight excluding hydrogens is 198 g/mol. The molecule has 0 aromatic heterocycles. The van der Waals surface area contributed by atoms with Crippen molar-refractivity contribution in [2.75, 3.05) is 19.7 Å². The van der Waals surface area contributed by atoms with Crippen LogP contribution in [-0.2, 0) is 4.74 Å². The lowest BCUT2D eigenvalue weighted by Crippen LogP contribution is -2.44. The summed E-state index contributed by atoms with van der Waals surface area (Å²) in [5.74, 6) is 0. The number of hydrogen-bond donors (Lipinski definition) is 1. The van der Waals surface area contributed by atoms with Crippen molar-refractivity contribution in [2.24, 2.45) is 0 Å². The zero-order valence-electron chi connectivity index (χ0n) is 5.96. The number of aliphatic hydroxyl groups excluding tert-OH is 1. The van der Waals surface area contributed by atoms with Gasteiger partial charge in [0.1, 0.15) is 11.2 Å². The largest absolute Gasteiger partial charge is 0.379 e. The first-order valence-electron chi connectivity index (χ1n) is 3.38. The van der Waals surface area contributed by atoms with Crippen molar-refractivity contribution < 1.29 is 9.84 Å². The zero-order valence-corrected chi connectivity index (χ0v) is 7.54. The Bertz CT molecular complexity index is 110. The van der Waals surface area contributed by atoms with Gasteiger partial charge < -0.3 is 9.84 Å². The lowest BCUT2D eigenvalue weighted by Gasteiger charge is -2.31. The standard InChI is InChI=1S/C6H12BrNO2/c1-5(9)8-2-3-10-6(7)4-8/h5-6,9H,2-4H2,1H3. The monoisotopic (exact) mass is 209 g/mol. The normalized spacial score (nSPS) is 32.1. The molecule has 1 saturated heterocycles. The summed E-state index contributed by atoms with van der Waals surface area (Å²) >= 11 is 3.32. The summed E-state index contributed by atoms with van der Waals surface area (Å²) in [6, 6.07) is 0. The van der Waals surface area contributed by atoms with Crippen molar-refractivity contribution in [3.05, 3.63) is 0 Å². The van der Waals surface area contributed by atoms with Crippen LogP contribution in [0.1, 0.15) is 6.92 Å². The van der Waals surface area contributed by atoms with E-state index in [1.54, 1.807) is 6.92 Å². The number of rotatable bonds is 1. The minimum absolute atomic E-state index is 0.0795. The first kappa shape index (κ1) is 8.46. The molecule has 4 heteroatoms. The molecule has 10 heavy (non-hydrogen) atoms. The van der Waals surface area contributed by atoms with E-state index in [2.05, 4.69) is 15.9 Å². The molecule has 1 N–H and O–H groups in total. The second-order valence-corrected chi connectivity index (χ2v) is 3.43. The molecule has 0 radical (unpaired) electrons. The zero-order chi connectivity index (χ0) is 7.56. The summed E-state index contributed by atoms with van der Waals surface area (Å²) in [6.45, 7) is 4.04. The number of alkyl halides is 1. The fourth-order valence-electron chi connectivity index (χ4n) is 0.966. The molecular formula is C6H12BrNO2. The number of halogens is 1. The summed E-state index contributed by atoms with van der Waals surface area (Å²) in [7, 11) is 0. The van der Waals surface area contributed by atoms with Crippen molar-refractivity contribution >= 4 is 15.9 Å². The SMILES string of the molecule is CC(O)N1CCOC(Br)C1. The quantitative estimate of drug-likeness (QED) is 0.635. The van der Waals surface area contributed by atoms with Gasteiger partial charge in [0.2, 0.25) is 0 Å². The molecule has 0 aliphatic carbocycles. The third kappa shape index (κ3) is 2.20. The predicted molar refractivity (Wildman–Crippen MR) is 41.9 cm³/mol. The molecule has 60 valence electrons. The van der Waals surface area contributed by atoms with E-state index in [1.165, 1.54) is 0 Å². The van der Waals surface area contributed by atoms with Gasteiger partial charge in [-0.1, -0.05) is 15.9 Å². The fraction of sp³-hybridized carbons (Fsp3) is 1.00. The topological polar surface area (TPSA) is 32.7 Å². The van der Waals surface area contributed by atoms with Crippen LogP contribution in [0, 0.1) is 0 Å². The van der Waals surface area contributed by atoms with Crippen LogP contribution in [0.3, 0.4) is 0 Å². The van der Waals surface area contributed by atoms with Crippen molar-refractivity contribution in [3.8, 4) is 0 Å². The average Bonchev–Trinajstić information content (AvgIpc) is 1.88. The highest BCUT2D eigenvalue weighted by atomic mass is 79.9. The van der Waals surface area contributed by atoms with Crippen molar-refractivity contribution in [2.45, 2.75) is 18.2 Å². The summed E-state index contributed by atoms with van der Waals surface area (Å²) < 4.78 is 5.22. The van der Waals surface area contributed by atoms with Gasteiger partial charge in [-0.05, 0) is 6.92 Å². The fourth-order valence-corrected chi connectivity index (χ4v) is 1.52. The molecule has 0 aromatic rings. The van der Waals surface area contributed by atoms with Crippen LogP contribution in [-0.4, -0.2) is 40.9 Å². The molecule has 2 atom stereocenters. The van der Waals surface area contributed by atoms with Gasteiger partial charge in [0, 0.05) is 13.1 Å². The summed E-state index contributed by atoms with van der Waals surface area (Å²) in [6.07, 6.45) is -0.357. The number of hydrogen-bond acceptors (Lipinski definition) is 3. The Balaban J connectivity index is 2.32. The van der Waals surface area contributed by atoms with E-state index in [9.17, 15) is 0 Å². The number of morpholine rings is 1. The molecule has 1 fully saturated rings.